The Hall–Kier alpha value is -0.670. The lowest BCUT2D eigenvalue weighted by molar-refractivity contribution is 0.172. The number of thioether (sulfide) groups is 1. The first-order valence-electron chi connectivity index (χ1n) is 5.38. The van der Waals surface area contributed by atoms with Crippen LogP contribution in [0.1, 0.15) is 19.3 Å². The normalized spacial score (nSPS) is 25.5. The van der Waals surface area contributed by atoms with E-state index in [0.717, 1.165) is 24.9 Å². The Morgan fingerprint density at radius 3 is 2.53 bits per heavy atom. The third-order valence-corrected chi connectivity index (χ3v) is 3.67. The molecule has 1 aliphatic carbocycles. The quantitative estimate of drug-likeness (QED) is 0.773. The van der Waals surface area contributed by atoms with Gasteiger partial charge in [-0.25, -0.2) is 0 Å². The van der Waals surface area contributed by atoms with Gasteiger partial charge in [0.05, 0.1) is 12.1 Å². The molecule has 0 amide bonds. The molecule has 3 heteroatoms. The van der Waals surface area contributed by atoms with E-state index in [1.54, 1.807) is 11.8 Å². The predicted octanol–water partition coefficient (Wildman–Crippen LogP) is 2.73. The van der Waals surface area contributed by atoms with Gasteiger partial charge in [0.1, 0.15) is 0 Å². The van der Waals surface area contributed by atoms with Gasteiger partial charge in [0.15, 0.2) is 0 Å². The molecule has 15 heavy (non-hydrogen) atoms. The van der Waals surface area contributed by atoms with Crippen LogP contribution in [0.15, 0.2) is 29.2 Å². The van der Waals surface area contributed by atoms with E-state index in [0.29, 0.717) is 0 Å². The molecule has 2 nitrogen and oxygen atoms in total. The van der Waals surface area contributed by atoms with Crippen LogP contribution in [-0.4, -0.2) is 23.5 Å². The van der Waals surface area contributed by atoms with Gasteiger partial charge in [-0.2, -0.15) is 0 Å². The molecule has 1 aromatic carbocycles. The monoisotopic (exact) mass is 223 g/mol. The first kappa shape index (κ1) is 10.8. The van der Waals surface area contributed by atoms with E-state index >= 15 is 0 Å². The molecule has 1 aromatic rings. The fraction of sp³-hybridized carbons (Fsp3) is 0.500. The van der Waals surface area contributed by atoms with Crippen molar-refractivity contribution in [1.82, 2.24) is 0 Å². The Bertz CT molecular complexity index is 312. The molecule has 1 aliphatic rings. The zero-order valence-corrected chi connectivity index (χ0v) is 9.76. The van der Waals surface area contributed by atoms with E-state index in [4.69, 9.17) is 0 Å². The lowest BCUT2D eigenvalue weighted by Crippen LogP contribution is -2.27. The van der Waals surface area contributed by atoms with E-state index in [1.807, 2.05) is 0 Å². The summed E-state index contributed by atoms with van der Waals surface area (Å²) in [6, 6.07) is 8.61. The first-order valence-corrected chi connectivity index (χ1v) is 6.61. The van der Waals surface area contributed by atoms with Crippen molar-refractivity contribution in [3.8, 4) is 0 Å². The minimum absolute atomic E-state index is 0.176. The van der Waals surface area contributed by atoms with Crippen molar-refractivity contribution in [3.63, 3.8) is 0 Å². The highest BCUT2D eigenvalue weighted by Crippen LogP contribution is 2.24. The highest BCUT2D eigenvalue weighted by molar-refractivity contribution is 7.98. The molecule has 1 fully saturated rings. The second-order valence-electron chi connectivity index (χ2n) is 3.98. The zero-order valence-electron chi connectivity index (χ0n) is 8.94. The van der Waals surface area contributed by atoms with Gasteiger partial charge in [-0.05, 0) is 49.8 Å². The average molecular weight is 223 g/mol. The van der Waals surface area contributed by atoms with E-state index < -0.39 is 0 Å². The van der Waals surface area contributed by atoms with Crippen molar-refractivity contribution in [2.45, 2.75) is 36.3 Å². The Balaban J connectivity index is 1.98. The smallest absolute Gasteiger partial charge is 0.0741 e. The van der Waals surface area contributed by atoms with Crippen LogP contribution in [0.5, 0.6) is 0 Å². The number of nitrogens with one attached hydrogen (secondary N) is 1. The largest absolute Gasteiger partial charge is 0.391 e. The standard InChI is InChI=1S/C12H17NOS/c1-15-10-7-5-9(6-8-10)13-11-3-2-4-12(11)14/h5-8,11-14H,2-4H2,1H3/t11-,12-/m0/s1. The van der Waals surface area contributed by atoms with E-state index in [1.165, 1.54) is 4.90 Å². The molecular weight excluding hydrogens is 206 g/mol. The lowest BCUT2D eigenvalue weighted by Gasteiger charge is -2.17. The summed E-state index contributed by atoms with van der Waals surface area (Å²) in [5, 5.41) is 13.1. The molecule has 0 unspecified atom stereocenters. The van der Waals surface area contributed by atoms with Gasteiger partial charge in [0, 0.05) is 10.6 Å². The summed E-state index contributed by atoms with van der Waals surface area (Å²) in [4.78, 5) is 1.27. The molecule has 0 radical (unpaired) electrons. The second kappa shape index (κ2) is 4.90. The van der Waals surface area contributed by atoms with Crippen LogP contribution >= 0.6 is 11.8 Å². The van der Waals surface area contributed by atoms with Crippen LogP contribution in [0.2, 0.25) is 0 Å². The summed E-state index contributed by atoms with van der Waals surface area (Å²) in [5.74, 6) is 0. The number of hydrogen-bond acceptors (Lipinski definition) is 3. The maximum Gasteiger partial charge on any atom is 0.0741 e. The molecule has 0 heterocycles. The van der Waals surface area contributed by atoms with Crippen LogP contribution in [0.25, 0.3) is 0 Å². The number of anilines is 1. The predicted molar refractivity (Wildman–Crippen MR) is 65.5 cm³/mol. The molecule has 0 saturated heterocycles. The van der Waals surface area contributed by atoms with Gasteiger partial charge in [0.25, 0.3) is 0 Å². The molecule has 2 N–H and O–H groups in total. The molecule has 0 bridgehead atoms. The van der Waals surface area contributed by atoms with Gasteiger partial charge >= 0.3 is 0 Å². The SMILES string of the molecule is CSc1ccc(N[C@H]2CCC[C@@H]2O)cc1. The minimum Gasteiger partial charge on any atom is -0.391 e. The third-order valence-electron chi connectivity index (χ3n) is 2.92. The molecule has 82 valence electrons. The fourth-order valence-electron chi connectivity index (χ4n) is 2.01. The Morgan fingerprint density at radius 2 is 2.00 bits per heavy atom. The number of hydrogen-bond donors (Lipinski definition) is 2. The third kappa shape index (κ3) is 2.67. The van der Waals surface area contributed by atoms with Crippen molar-refractivity contribution < 1.29 is 5.11 Å². The number of benzene rings is 1. The topological polar surface area (TPSA) is 32.3 Å². The van der Waals surface area contributed by atoms with E-state index in [9.17, 15) is 5.11 Å². The van der Waals surface area contributed by atoms with Crippen molar-refractivity contribution in [1.29, 1.82) is 0 Å². The van der Waals surface area contributed by atoms with Gasteiger partial charge < -0.3 is 10.4 Å². The maximum atomic E-state index is 9.68. The summed E-state index contributed by atoms with van der Waals surface area (Å²) >= 11 is 1.74. The van der Waals surface area contributed by atoms with Crippen molar-refractivity contribution in [2.75, 3.05) is 11.6 Å². The van der Waals surface area contributed by atoms with Crippen LogP contribution in [0.4, 0.5) is 5.69 Å². The van der Waals surface area contributed by atoms with Gasteiger partial charge in [-0.3, -0.25) is 0 Å². The van der Waals surface area contributed by atoms with Gasteiger partial charge in [-0.1, -0.05) is 0 Å². The zero-order chi connectivity index (χ0) is 10.7. The van der Waals surface area contributed by atoms with E-state index in [-0.39, 0.29) is 12.1 Å². The highest BCUT2D eigenvalue weighted by atomic mass is 32.2. The average Bonchev–Trinajstić information content (AvgIpc) is 2.66. The molecule has 0 aromatic heterocycles. The highest BCUT2D eigenvalue weighted by Gasteiger charge is 2.24. The summed E-state index contributed by atoms with van der Waals surface area (Å²) < 4.78 is 0. The molecule has 2 atom stereocenters. The van der Waals surface area contributed by atoms with Crippen molar-refractivity contribution in [2.24, 2.45) is 0 Å². The number of aliphatic hydroxyl groups is 1. The second-order valence-corrected chi connectivity index (χ2v) is 4.86. The summed E-state index contributed by atoms with van der Waals surface area (Å²) in [6.45, 7) is 0. The van der Waals surface area contributed by atoms with Crippen molar-refractivity contribution in [3.05, 3.63) is 24.3 Å². The minimum atomic E-state index is -0.176. The fourth-order valence-corrected chi connectivity index (χ4v) is 2.42. The van der Waals surface area contributed by atoms with Crippen LogP contribution in [0.3, 0.4) is 0 Å². The van der Waals surface area contributed by atoms with Crippen molar-refractivity contribution >= 4 is 17.4 Å². The van der Waals surface area contributed by atoms with Gasteiger partial charge in [0.2, 0.25) is 0 Å². The number of aliphatic hydroxyl groups excluding tert-OH is 1. The lowest BCUT2D eigenvalue weighted by atomic mass is 10.2. The summed E-state index contributed by atoms with van der Waals surface area (Å²) in [5.41, 5.74) is 1.11. The Labute approximate surface area is 95.1 Å². The molecule has 0 aliphatic heterocycles. The van der Waals surface area contributed by atoms with E-state index in [2.05, 4.69) is 35.8 Å². The summed E-state index contributed by atoms with van der Waals surface area (Å²) in [7, 11) is 0. The van der Waals surface area contributed by atoms with Crippen LogP contribution < -0.4 is 5.32 Å². The molecule has 2 rings (SSSR count). The maximum absolute atomic E-state index is 9.68. The number of rotatable bonds is 3. The first-order chi connectivity index (χ1) is 7.29. The molecule has 0 spiro atoms. The summed E-state index contributed by atoms with van der Waals surface area (Å²) in [6.07, 6.45) is 5.03. The van der Waals surface area contributed by atoms with Crippen LogP contribution in [0, 0.1) is 0 Å². The molecular formula is C12H17NOS. The Kier molecular flexibility index (Phi) is 3.54. The Morgan fingerprint density at radius 1 is 1.27 bits per heavy atom. The van der Waals surface area contributed by atoms with Crippen LogP contribution in [-0.2, 0) is 0 Å². The van der Waals surface area contributed by atoms with Gasteiger partial charge in [-0.15, -0.1) is 11.8 Å². The molecule has 1 saturated carbocycles.